The van der Waals surface area contributed by atoms with E-state index >= 15 is 0 Å². The average Bonchev–Trinajstić information content (AvgIpc) is 2.13. The largest absolute Gasteiger partial charge is 0.389 e. The van der Waals surface area contributed by atoms with E-state index in [2.05, 4.69) is 4.98 Å². The van der Waals surface area contributed by atoms with Crippen LogP contribution in [0.4, 0.5) is 5.82 Å². The van der Waals surface area contributed by atoms with Crippen molar-refractivity contribution in [2.24, 2.45) is 0 Å². The Morgan fingerprint density at radius 1 is 1.67 bits per heavy atom. The summed E-state index contributed by atoms with van der Waals surface area (Å²) >= 11 is 0. The molecule has 0 bridgehead atoms. The van der Waals surface area contributed by atoms with Crippen molar-refractivity contribution in [3.05, 3.63) is 23.9 Å². The van der Waals surface area contributed by atoms with Crippen LogP contribution in [0.25, 0.3) is 0 Å². The van der Waals surface area contributed by atoms with Gasteiger partial charge in [-0.1, -0.05) is 0 Å². The first kappa shape index (κ1) is 10.4. The summed E-state index contributed by atoms with van der Waals surface area (Å²) in [6.07, 6.45) is 3.89. The van der Waals surface area contributed by atoms with Crippen molar-refractivity contribution in [3.8, 4) is 0 Å². The van der Waals surface area contributed by atoms with E-state index in [9.17, 15) is 5.11 Å². The standard InChI is InChI=1S/C11H16N2O2/c1-15-9-6-11(14,7-9)5-8-2-3-13-10(12)4-8/h2-4,9,14H,5-7H2,1H3,(H2,12,13). The maximum atomic E-state index is 10.1. The van der Waals surface area contributed by atoms with Gasteiger partial charge >= 0.3 is 0 Å². The molecule has 0 aromatic carbocycles. The number of anilines is 1. The van der Waals surface area contributed by atoms with Crippen LogP contribution in [0, 0.1) is 0 Å². The highest BCUT2D eigenvalue weighted by Gasteiger charge is 2.42. The summed E-state index contributed by atoms with van der Waals surface area (Å²) < 4.78 is 5.15. The molecule has 1 saturated carbocycles. The van der Waals surface area contributed by atoms with Crippen molar-refractivity contribution in [2.75, 3.05) is 12.8 Å². The molecule has 4 heteroatoms. The quantitative estimate of drug-likeness (QED) is 0.769. The molecule has 1 aliphatic rings. The number of hydrogen-bond acceptors (Lipinski definition) is 4. The second-order valence-corrected chi connectivity index (χ2v) is 4.26. The van der Waals surface area contributed by atoms with E-state index in [4.69, 9.17) is 10.5 Å². The molecule has 0 radical (unpaired) electrons. The third kappa shape index (κ3) is 2.27. The Kier molecular flexibility index (Phi) is 2.63. The smallest absolute Gasteiger partial charge is 0.123 e. The predicted octanol–water partition coefficient (Wildman–Crippen LogP) is 0.746. The second-order valence-electron chi connectivity index (χ2n) is 4.26. The topological polar surface area (TPSA) is 68.4 Å². The summed E-state index contributed by atoms with van der Waals surface area (Å²) in [5.74, 6) is 0.499. The lowest BCUT2D eigenvalue weighted by Gasteiger charge is -2.42. The van der Waals surface area contributed by atoms with Crippen LogP contribution in [0.5, 0.6) is 0 Å². The van der Waals surface area contributed by atoms with Gasteiger partial charge in [-0.05, 0) is 17.7 Å². The van der Waals surface area contributed by atoms with Crippen molar-refractivity contribution in [1.82, 2.24) is 4.98 Å². The van der Waals surface area contributed by atoms with Crippen molar-refractivity contribution in [1.29, 1.82) is 0 Å². The fourth-order valence-electron chi connectivity index (χ4n) is 2.08. The molecule has 1 aromatic rings. The van der Waals surface area contributed by atoms with Crippen molar-refractivity contribution >= 4 is 5.82 Å². The molecule has 0 saturated heterocycles. The fourth-order valence-corrected chi connectivity index (χ4v) is 2.08. The van der Waals surface area contributed by atoms with E-state index in [1.165, 1.54) is 0 Å². The molecule has 1 fully saturated rings. The van der Waals surface area contributed by atoms with E-state index in [1.807, 2.05) is 6.07 Å². The van der Waals surface area contributed by atoms with Gasteiger partial charge in [0.05, 0.1) is 11.7 Å². The SMILES string of the molecule is COC1CC(O)(Cc2ccnc(N)c2)C1. The molecule has 4 nitrogen and oxygen atoms in total. The average molecular weight is 208 g/mol. The summed E-state index contributed by atoms with van der Waals surface area (Å²) in [5.41, 5.74) is 5.98. The van der Waals surface area contributed by atoms with Gasteiger partial charge in [0, 0.05) is 32.6 Å². The van der Waals surface area contributed by atoms with Gasteiger partial charge in [-0.15, -0.1) is 0 Å². The van der Waals surface area contributed by atoms with Gasteiger partial charge in [0.25, 0.3) is 0 Å². The Balaban J connectivity index is 1.98. The van der Waals surface area contributed by atoms with E-state index in [-0.39, 0.29) is 6.10 Å². The molecule has 82 valence electrons. The predicted molar refractivity (Wildman–Crippen MR) is 57.3 cm³/mol. The molecule has 1 aromatic heterocycles. The monoisotopic (exact) mass is 208 g/mol. The molecule has 0 unspecified atom stereocenters. The first-order valence-corrected chi connectivity index (χ1v) is 5.07. The zero-order valence-corrected chi connectivity index (χ0v) is 8.81. The maximum absolute atomic E-state index is 10.1. The van der Waals surface area contributed by atoms with Crippen molar-refractivity contribution in [3.63, 3.8) is 0 Å². The lowest BCUT2D eigenvalue weighted by molar-refractivity contribution is -0.126. The number of nitrogens with zero attached hydrogens (tertiary/aromatic N) is 1. The normalized spacial score (nSPS) is 29.9. The molecule has 1 heterocycles. The van der Waals surface area contributed by atoms with Crippen molar-refractivity contribution in [2.45, 2.75) is 31.0 Å². The lowest BCUT2D eigenvalue weighted by Crippen LogP contribution is -2.49. The zero-order chi connectivity index (χ0) is 10.9. The molecule has 3 N–H and O–H groups in total. The van der Waals surface area contributed by atoms with E-state index in [1.54, 1.807) is 19.4 Å². The minimum Gasteiger partial charge on any atom is -0.389 e. The Morgan fingerprint density at radius 3 is 3.00 bits per heavy atom. The Hall–Kier alpha value is -1.13. The first-order valence-electron chi connectivity index (χ1n) is 5.07. The minimum absolute atomic E-state index is 0.203. The highest BCUT2D eigenvalue weighted by molar-refractivity contribution is 5.32. The Labute approximate surface area is 89.1 Å². The number of nitrogens with two attached hydrogens (primary N) is 1. The molecule has 15 heavy (non-hydrogen) atoms. The van der Waals surface area contributed by atoms with Crippen LogP contribution < -0.4 is 5.73 Å². The number of aromatic nitrogens is 1. The van der Waals surface area contributed by atoms with Crippen LogP contribution in [0.2, 0.25) is 0 Å². The third-order valence-corrected chi connectivity index (χ3v) is 2.93. The second kappa shape index (κ2) is 3.79. The van der Waals surface area contributed by atoms with Crippen LogP contribution in [-0.4, -0.2) is 28.9 Å². The minimum atomic E-state index is -0.617. The molecule has 2 rings (SSSR count). The first-order chi connectivity index (χ1) is 7.11. The van der Waals surface area contributed by atoms with Gasteiger partial charge in [0.1, 0.15) is 5.82 Å². The van der Waals surface area contributed by atoms with Gasteiger partial charge < -0.3 is 15.6 Å². The highest BCUT2D eigenvalue weighted by atomic mass is 16.5. The number of ether oxygens (including phenoxy) is 1. The summed E-state index contributed by atoms with van der Waals surface area (Å²) in [5, 5.41) is 10.1. The molecule has 1 aliphatic carbocycles. The van der Waals surface area contributed by atoms with Gasteiger partial charge in [-0.25, -0.2) is 4.98 Å². The molecule has 0 aliphatic heterocycles. The number of rotatable bonds is 3. The number of pyridine rings is 1. The highest BCUT2D eigenvalue weighted by Crippen LogP contribution is 2.36. The summed E-state index contributed by atoms with van der Waals surface area (Å²) in [7, 11) is 1.68. The van der Waals surface area contributed by atoms with Crippen LogP contribution >= 0.6 is 0 Å². The number of nitrogen functional groups attached to an aromatic ring is 1. The van der Waals surface area contributed by atoms with E-state index < -0.39 is 5.60 Å². The molecule has 0 atom stereocenters. The third-order valence-electron chi connectivity index (χ3n) is 2.93. The lowest BCUT2D eigenvalue weighted by atomic mass is 9.74. The van der Waals surface area contributed by atoms with Gasteiger partial charge in [0.15, 0.2) is 0 Å². The summed E-state index contributed by atoms with van der Waals surface area (Å²) in [6, 6.07) is 3.69. The van der Waals surface area contributed by atoms with E-state index in [0.29, 0.717) is 25.1 Å². The summed E-state index contributed by atoms with van der Waals surface area (Å²) in [6.45, 7) is 0. The van der Waals surface area contributed by atoms with E-state index in [0.717, 1.165) is 5.56 Å². The number of methoxy groups -OCH3 is 1. The number of hydrogen-bond donors (Lipinski definition) is 2. The van der Waals surface area contributed by atoms with Crippen molar-refractivity contribution < 1.29 is 9.84 Å². The van der Waals surface area contributed by atoms with Gasteiger partial charge in [-0.2, -0.15) is 0 Å². The molecule has 0 amide bonds. The summed E-state index contributed by atoms with van der Waals surface area (Å²) in [4.78, 5) is 3.92. The molecule has 0 spiro atoms. The molecular weight excluding hydrogens is 192 g/mol. The molecular formula is C11H16N2O2. The van der Waals surface area contributed by atoms with Crippen LogP contribution in [0.1, 0.15) is 18.4 Å². The zero-order valence-electron chi connectivity index (χ0n) is 8.81. The van der Waals surface area contributed by atoms with Crippen LogP contribution in [0.3, 0.4) is 0 Å². The maximum Gasteiger partial charge on any atom is 0.123 e. The fraction of sp³-hybridized carbons (Fsp3) is 0.545. The van der Waals surface area contributed by atoms with Crippen LogP contribution in [0.15, 0.2) is 18.3 Å². The number of aliphatic hydroxyl groups is 1. The van der Waals surface area contributed by atoms with Gasteiger partial charge in [0.2, 0.25) is 0 Å². The Bertz CT molecular complexity index is 348. The van der Waals surface area contributed by atoms with Gasteiger partial charge in [-0.3, -0.25) is 0 Å². The Morgan fingerprint density at radius 2 is 2.40 bits per heavy atom. The van der Waals surface area contributed by atoms with Crippen LogP contribution in [-0.2, 0) is 11.2 Å².